The number of halogens is 1. The van der Waals surface area contributed by atoms with Crippen LogP contribution in [0.5, 0.6) is 5.75 Å². The normalized spacial score (nSPS) is 10.0. The van der Waals surface area contributed by atoms with Crippen molar-refractivity contribution in [2.45, 2.75) is 0 Å². The molecule has 0 saturated carbocycles. The van der Waals surface area contributed by atoms with Gasteiger partial charge in [-0.3, -0.25) is 4.79 Å². The fourth-order valence-corrected chi connectivity index (χ4v) is 2.39. The number of urea groups is 1. The Bertz CT molecular complexity index is 964. The molecule has 142 valence electrons. The third kappa shape index (κ3) is 5.84. The van der Waals surface area contributed by atoms with Gasteiger partial charge >= 0.3 is 6.03 Å². The number of ether oxygens (including phenoxy) is 1. The van der Waals surface area contributed by atoms with Crippen LogP contribution in [0, 0.1) is 5.82 Å². The lowest BCUT2D eigenvalue weighted by Gasteiger charge is -2.10. The average Bonchev–Trinajstić information content (AvgIpc) is 2.67. The van der Waals surface area contributed by atoms with Crippen molar-refractivity contribution >= 4 is 29.0 Å². The summed E-state index contributed by atoms with van der Waals surface area (Å²) in [6.45, 7) is -0.268. The van der Waals surface area contributed by atoms with Crippen LogP contribution in [0.15, 0.2) is 78.9 Å². The predicted molar refractivity (Wildman–Crippen MR) is 106 cm³/mol. The molecule has 28 heavy (non-hydrogen) atoms. The largest absolute Gasteiger partial charge is 0.484 e. The molecule has 3 rings (SSSR count). The molecule has 0 aromatic heterocycles. The summed E-state index contributed by atoms with van der Waals surface area (Å²) in [5, 5.41) is 8.06. The van der Waals surface area contributed by atoms with Crippen LogP contribution in [0.2, 0.25) is 0 Å². The van der Waals surface area contributed by atoms with Crippen LogP contribution in [-0.4, -0.2) is 18.5 Å². The molecule has 6 nitrogen and oxygen atoms in total. The molecule has 0 heterocycles. The fourth-order valence-electron chi connectivity index (χ4n) is 2.39. The minimum atomic E-state index is -0.439. The van der Waals surface area contributed by atoms with E-state index in [1.54, 1.807) is 42.5 Å². The van der Waals surface area contributed by atoms with E-state index in [9.17, 15) is 14.0 Å². The third-order valence-corrected chi connectivity index (χ3v) is 3.60. The van der Waals surface area contributed by atoms with Crippen molar-refractivity contribution in [2.24, 2.45) is 0 Å². The first-order chi connectivity index (χ1) is 13.6. The maximum absolute atomic E-state index is 13.1. The van der Waals surface area contributed by atoms with Gasteiger partial charge in [0.2, 0.25) is 0 Å². The Labute approximate surface area is 161 Å². The van der Waals surface area contributed by atoms with Crippen molar-refractivity contribution in [1.82, 2.24) is 0 Å². The molecule has 0 atom stereocenters. The highest BCUT2D eigenvalue weighted by atomic mass is 19.1. The van der Waals surface area contributed by atoms with E-state index in [1.165, 1.54) is 18.2 Å². The smallest absolute Gasteiger partial charge is 0.323 e. The van der Waals surface area contributed by atoms with Gasteiger partial charge in [0.25, 0.3) is 5.91 Å². The molecule has 0 aliphatic carbocycles. The summed E-state index contributed by atoms with van der Waals surface area (Å²) in [7, 11) is 0. The van der Waals surface area contributed by atoms with Gasteiger partial charge in [-0.05, 0) is 42.5 Å². The molecule has 3 amide bonds. The van der Waals surface area contributed by atoms with E-state index in [0.29, 0.717) is 17.1 Å². The zero-order valence-corrected chi connectivity index (χ0v) is 14.8. The maximum atomic E-state index is 13.1. The van der Waals surface area contributed by atoms with Crippen molar-refractivity contribution < 1.29 is 18.7 Å². The van der Waals surface area contributed by atoms with Crippen molar-refractivity contribution in [3.63, 3.8) is 0 Å². The van der Waals surface area contributed by atoms with Crippen molar-refractivity contribution in [3.8, 4) is 5.75 Å². The molecule has 0 spiro atoms. The summed E-state index contributed by atoms with van der Waals surface area (Å²) >= 11 is 0. The molecular formula is C21H18FN3O3. The van der Waals surface area contributed by atoms with E-state index in [-0.39, 0.29) is 12.4 Å². The molecule has 0 bridgehead atoms. The molecule has 0 radical (unpaired) electrons. The molecule has 0 fully saturated rings. The van der Waals surface area contributed by atoms with E-state index < -0.39 is 17.8 Å². The van der Waals surface area contributed by atoms with E-state index >= 15 is 0 Å². The summed E-state index contributed by atoms with van der Waals surface area (Å²) in [5.74, 6) is -0.580. The molecule has 0 saturated heterocycles. The van der Waals surface area contributed by atoms with Gasteiger partial charge in [-0.2, -0.15) is 0 Å². The van der Waals surface area contributed by atoms with Gasteiger partial charge in [0.15, 0.2) is 6.61 Å². The number of carbonyl (C=O) groups is 2. The Balaban J connectivity index is 1.52. The standard InChI is InChI=1S/C21H18FN3O3/c22-15-6-4-11-19(12-15)28-14-20(26)23-17-9-5-10-18(13-17)25-21(27)24-16-7-2-1-3-8-16/h1-13H,14H2,(H,23,26)(H2,24,25,27). The van der Waals surface area contributed by atoms with Crippen LogP contribution in [-0.2, 0) is 4.79 Å². The summed E-state index contributed by atoms with van der Waals surface area (Å²) in [4.78, 5) is 24.1. The van der Waals surface area contributed by atoms with E-state index in [1.807, 2.05) is 18.2 Å². The van der Waals surface area contributed by atoms with Crippen LogP contribution in [0.4, 0.5) is 26.2 Å². The second-order valence-electron chi connectivity index (χ2n) is 5.82. The number of hydrogen-bond acceptors (Lipinski definition) is 3. The second-order valence-corrected chi connectivity index (χ2v) is 5.82. The van der Waals surface area contributed by atoms with E-state index in [4.69, 9.17) is 4.74 Å². The fraction of sp³-hybridized carbons (Fsp3) is 0.0476. The Morgan fingerprint density at radius 1 is 0.750 bits per heavy atom. The average molecular weight is 379 g/mol. The first-order valence-electron chi connectivity index (χ1n) is 8.50. The quantitative estimate of drug-likeness (QED) is 0.590. The van der Waals surface area contributed by atoms with Gasteiger partial charge < -0.3 is 20.7 Å². The minimum absolute atomic E-state index is 0.267. The lowest BCUT2D eigenvalue weighted by atomic mass is 10.2. The van der Waals surface area contributed by atoms with Gasteiger partial charge in [-0.25, -0.2) is 9.18 Å². The number of nitrogens with one attached hydrogen (secondary N) is 3. The monoisotopic (exact) mass is 379 g/mol. The molecule has 7 heteroatoms. The molecule has 3 N–H and O–H groups in total. The highest BCUT2D eigenvalue weighted by Crippen LogP contribution is 2.16. The van der Waals surface area contributed by atoms with Crippen molar-refractivity contribution in [3.05, 3.63) is 84.7 Å². The molecular weight excluding hydrogens is 361 g/mol. The number of carbonyl (C=O) groups excluding carboxylic acids is 2. The predicted octanol–water partition coefficient (Wildman–Crippen LogP) is 4.49. The van der Waals surface area contributed by atoms with Crippen molar-refractivity contribution in [2.75, 3.05) is 22.6 Å². The lowest BCUT2D eigenvalue weighted by Crippen LogP contribution is -2.21. The third-order valence-electron chi connectivity index (χ3n) is 3.60. The molecule has 0 unspecified atom stereocenters. The molecule has 3 aromatic carbocycles. The zero-order chi connectivity index (χ0) is 19.8. The maximum Gasteiger partial charge on any atom is 0.323 e. The Morgan fingerprint density at radius 3 is 2.14 bits per heavy atom. The number of rotatable bonds is 6. The zero-order valence-electron chi connectivity index (χ0n) is 14.8. The van der Waals surface area contributed by atoms with Gasteiger partial charge in [-0.1, -0.05) is 30.3 Å². The van der Waals surface area contributed by atoms with Gasteiger partial charge in [0, 0.05) is 23.1 Å². The molecule has 3 aromatic rings. The second kappa shape index (κ2) is 9.18. The number of para-hydroxylation sites is 1. The number of benzene rings is 3. The summed E-state index contributed by atoms with van der Waals surface area (Å²) in [6.07, 6.45) is 0. The lowest BCUT2D eigenvalue weighted by molar-refractivity contribution is -0.118. The van der Waals surface area contributed by atoms with E-state index in [2.05, 4.69) is 16.0 Å². The van der Waals surface area contributed by atoms with Crippen LogP contribution in [0.3, 0.4) is 0 Å². The van der Waals surface area contributed by atoms with Gasteiger partial charge in [-0.15, -0.1) is 0 Å². The SMILES string of the molecule is O=C(COc1cccc(F)c1)Nc1cccc(NC(=O)Nc2ccccc2)c1. The van der Waals surface area contributed by atoms with E-state index in [0.717, 1.165) is 0 Å². The first kappa shape index (κ1) is 18.9. The first-order valence-corrected chi connectivity index (χ1v) is 8.50. The van der Waals surface area contributed by atoms with Crippen LogP contribution >= 0.6 is 0 Å². The van der Waals surface area contributed by atoms with Crippen LogP contribution in [0.1, 0.15) is 0 Å². The Kier molecular flexibility index (Phi) is 6.20. The van der Waals surface area contributed by atoms with Crippen molar-refractivity contribution in [1.29, 1.82) is 0 Å². The number of amides is 3. The Hall–Kier alpha value is -3.87. The van der Waals surface area contributed by atoms with Gasteiger partial charge in [0.05, 0.1) is 0 Å². The molecule has 0 aliphatic rings. The summed E-state index contributed by atoms with van der Waals surface area (Å²) < 4.78 is 18.4. The highest BCUT2D eigenvalue weighted by Gasteiger charge is 2.07. The topological polar surface area (TPSA) is 79.5 Å². The minimum Gasteiger partial charge on any atom is -0.484 e. The summed E-state index contributed by atoms with van der Waals surface area (Å²) in [5.41, 5.74) is 1.67. The molecule has 0 aliphatic heterocycles. The highest BCUT2D eigenvalue weighted by molar-refractivity contribution is 6.00. The van der Waals surface area contributed by atoms with Crippen LogP contribution < -0.4 is 20.7 Å². The van der Waals surface area contributed by atoms with Gasteiger partial charge in [0.1, 0.15) is 11.6 Å². The van der Waals surface area contributed by atoms with Crippen LogP contribution in [0.25, 0.3) is 0 Å². The Morgan fingerprint density at radius 2 is 1.39 bits per heavy atom. The number of hydrogen-bond donors (Lipinski definition) is 3. The number of anilines is 3. The summed E-state index contributed by atoms with van der Waals surface area (Å²) in [6, 6.07) is 20.9.